The first-order valence-corrected chi connectivity index (χ1v) is 10.2. The van der Waals surface area contributed by atoms with Crippen LogP contribution in [-0.2, 0) is 25.5 Å². The Bertz CT molecular complexity index is 668. The van der Waals surface area contributed by atoms with Crippen LogP contribution in [0.5, 0.6) is 0 Å². The van der Waals surface area contributed by atoms with Gasteiger partial charge in [-0.1, -0.05) is 43.7 Å². The van der Waals surface area contributed by atoms with Crippen molar-refractivity contribution in [1.29, 1.82) is 0 Å². The lowest BCUT2D eigenvalue weighted by molar-refractivity contribution is -0.137. The second-order valence-corrected chi connectivity index (χ2v) is 7.20. The highest BCUT2D eigenvalue weighted by Gasteiger charge is 2.25. The number of rotatable bonds is 4. The van der Waals surface area contributed by atoms with Crippen molar-refractivity contribution in [3.8, 4) is 0 Å². The molecular weight excluding hydrogens is 372 g/mol. The van der Waals surface area contributed by atoms with Crippen LogP contribution >= 0.6 is 0 Å². The van der Waals surface area contributed by atoms with Crippen molar-refractivity contribution in [2.75, 3.05) is 39.9 Å². The van der Waals surface area contributed by atoms with Crippen LogP contribution in [0.1, 0.15) is 25.3 Å². The number of amides is 3. The summed E-state index contributed by atoms with van der Waals surface area (Å²) < 4.78 is 5.53. The molecule has 1 aliphatic heterocycles. The minimum absolute atomic E-state index is 0.101. The van der Waals surface area contributed by atoms with Crippen molar-refractivity contribution in [3.05, 3.63) is 35.9 Å². The molecule has 1 heterocycles. The Hall–Kier alpha value is -2.45. The largest absolute Gasteiger partial charge is 0.378 e. The van der Waals surface area contributed by atoms with Crippen molar-refractivity contribution in [3.63, 3.8) is 0 Å². The SMILES string of the molecule is CCC[C@@H]1NCCOCCNC(=O)[C@@H](Cc2ccccc2)NC(=O)CN(C)C1=O. The van der Waals surface area contributed by atoms with Gasteiger partial charge in [0, 0.05) is 26.6 Å². The zero-order chi connectivity index (χ0) is 21.1. The highest BCUT2D eigenvalue weighted by Crippen LogP contribution is 2.05. The smallest absolute Gasteiger partial charge is 0.243 e. The molecule has 1 fully saturated rings. The molecule has 29 heavy (non-hydrogen) atoms. The maximum Gasteiger partial charge on any atom is 0.243 e. The Balaban J connectivity index is 2.11. The summed E-state index contributed by atoms with van der Waals surface area (Å²) in [6.07, 6.45) is 1.90. The summed E-state index contributed by atoms with van der Waals surface area (Å²) in [4.78, 5) is 39.3. The molecule has 1 aromatic rings. The van der Waals surface area contributed by atoms with Gasteiger partial charge in [0.1, 0.15) is 6.04 Å². The van der Waals surface area contributed by atoms with E-state index in [4.69, 9.17) is 4.74 Å². The second kappa shape index (κ2) is 12.2. The van der Waals surface area contributed by atoms with Crippen LogP contribution in [0.3, 0.4) is 0 Å². The number of likely N-dealkylation sites (N-methyl/N-ethyl adjacent to an activating group) is 1. The van der Waals surface area contributed by atoms with E-state index in [1.165, 1.54) is 4.90 Å². The van der Waals surface area contributed by atoms with Crippen molar-refractivity contribution in [2.45, 2.75) is 38.3 Å². The minimum Gasteiger partial charge on any atom is -0.378 e. The summed E-state index contributed by atoms with van der Waals surface area (Å²) in [5.74, 6) is -0.768. The van der Waals surface area contributed by atoms with Gasteiger partial charge in [0.15, 0.2) is 0 Å². The Morgan fingerprint density at radius 3 is 2.52 bits per heavy atom. The van der Waals surface area contributed by atoms with Gasteiger partial charge < -0.3 is 25.6 Å². The highest BCUT2D eigenvalue weighted by molar-refractivity contribution is 5.91. The molecule has 1 aliphatic rings. The summed E-state index contributed by atoms with van der Waals surface area (Å²) in [7, 11) is 1.60. The zero-order valence-electron chi connectivity index (χ0n) is 17.3. The second-order valence-electron chi connectivity index (χ2n) is 7.20. The minimum atomic E-state index is -0.719. The highest BCUT2D eigenvalue weighted by atomic mass is 16.5. The average Bonchev–Trinajstić information content (AvgIpc) is 2.71. The molecule has 2 rings (SSSR count). The van der Waals surface area contributed by atoms with E-state index in [-0.39, 0.29) is 30.3 Å². The lowest BCUT2D eigenvalue weighted by Gasteiger charge is -2.25. The molecule has 0 bridgehead atoms. The molecule has 8 heteroatoms. The van der Waals surface area contributed by atoms with E-state index >= 15 is 0 Å². The normalized spacial score (nSPS) is 23.0. The van der Waals surface area contributed by atoms with Crippen molar-refractivity contribution < 1.29 is 19.1 Å². The van der Waals surface area contributed by atoms with E-state index in [9.17, 15) is 14.4 Å². The molecule has 1 aromatic carbocycles. The molecule has 8 nitrogen and oxygen atoms in total. The van der Waals surface area contributed by atoms with Crippen LogP contribution in [-0.4, -0.2) is 74.6 Å². The molecule has 2 atom stereocenters. The molecule has 0 unspecified atom stereocenters. The summed E-state index contributed by atoms with van der Waals surface area (Å²) in [5, 5.41) is 8.79. The number of nitrogens with one attached hydrogen (secondary N) is 3. The molecule has 0 saturated carbocycles. The van der Waals surface area contributed by atoms with E-state index in [0.29, 0.717) is 39.1 Å². The van der Waals surface area contributed by atoms with Gasteiger partial charge in [0.2, 0.25) is 17.7 Å². The van der Waals surface area contributed by atoms with Gasteiger partial charge in [-0.05, 0) is 12.0 Å². The Labute approximate surface area is 172 Å². The van der Waals surface area contributed by atoms with Crippen LogP contribution in [0.25, 0.3) is 0 Å². The average molecular weight is 405 g/mol. The standard InChI is InChI=1S/C21H32N4O4/c1-3-7-17-21(28)25(2)15-19(26)24-18(14-16-8-5-4-6-9-16)20(27)23-11-13-29-12-10-22-17/h4-6,8-9,17-18,22H,3,7,10-15H2,1-2H3,(H,23,27)(H,24,26)/t17-,18+/m0/s1. The number of nitrogens with zero attached hydrogens (tertiary/aromatic N) is 1. The molecule has 3 N–H and O–H groups in total. The Kier molecular flexibility index (Phi) is 9.59. The van der Waals surface area contributed by atoms with Gasteiger partial charge in [-0.25, -0.2) is 0 Å². The van der Waals surface area contributed by atoms with Gasteiger partial charge in [-0.3, -0.25) is 14.4 Å². The first-order valence-electron chi connectivity index (χ1n) is 10.2. The molecular formula is C21H32N4O4. The third-order valence-corrected chi connectivity index (χ3v) is 4.75. The summed E-state index contributed by atoms with van der Waals surface area (Å²) >= 11 is 0. The summed E-state index contributed by atoms with van der Waals surface area (Å²) in [6.45, 7) is 3.61. The maximum absolute atomic E-state index is 12.7. The molecule has 1 saturated heterocycles. The van der Waals surface area contributed by atoms with E-state index in [0.717, 1.165) is 12.0 Å². The summed E-state index contributed by atoms with van der Waals surface area (Å²) in [5.41, 5.74) is 0.943. The van der Waals surface area contributed by atoms with Gasteiger partial charge >= 0.3 is 0 Å². The van der Waals surface area contributed by atoms with E-state index < -0.39 is 6.04 Å². The Morgan fingerprint density at radius 1 is 1.07 bits per heavy atom. The van der Waals surface area contributed by atoms with Crippen molar-refractivity contribution >= 4 is 17.7 Å². The molecule has 3 amide bonds. The lowest BCUT2D eigenvalue weighted by atomic mass is 10.1. The number of benzene rings is 1. The fraction of sp³-hybridized carbons (Fsp3) is 0.571. The van der Waals surface area contributed by atoms with Crippen molar-refractivity contribution in [2.24, 2.45) is 0 Å². The van der Waals surface area contributed by atoms with Crippen LogP contribution in [0, 0.1) is 0 Å². The fourth-order valence-corrected chi connectivity index (χ4v) is 3.24. The fourth-order valence-electron chi connectivity index (χ4n) is 3.24. The maximum atomic E-state index is 12.7. The third kappa shape index (κ3) is 7.83. The van der Waals surface area contributed by atoms with Crippen LogP contribution in [0.2, 0.25) is 0 Å². The van der Waals surface area contributed by atoms with Gasteiger partial charge in [-0.15, -0.1) is 0 Å². The van der Waals surface area contributed by atoms with Crippen LogP contribution in [0.15, 0.2) is 30.3 Å². The van der Waals surface area contributed by atoms with Crippen molar-refractivity contribution in [1.82, 2.24) is 20.9 Å². The van der Waals surface area contributed by atoms with Crippen LogP contribution < -0.4 is 16.0 Å². The van der Waals surface area contributed by atoms with Crippen LogP contribution in [0.4, 0.5) is 0 Å². The Morgan fingerprint density at radius 2 is 1.79 bits per heavy atom. The molecule has 0 aliphatic carbocycles. The van der Waals surface area contributed by atoms with Gasteiger partial charge in [0.05, 0.1) is 25.8 Å². The number of ether oxygens (including phenoxy) is 1. The van der Waals surface area contributed by atoms with E-state index in [2.05, 4.69) is 16.0 Å². The quantitative estimate of drug-likeness (QED) is 0.660. The lowest BCUT2D eigenvalue weighted by Crippen LogP contribution is -2.52. The topological polar surface area (TPSA) is 99.8 Å². The molecule has 0 spiro atoms. The van der Waals surface area contributed by atoms with E-state index in [1.54, 1.807) is 7.05 Å². The predicted molar refractivity (Wildman–Crippen MR) is 110 cm³/mol. The van der Waals surface area contributed by atoms with Gasteiger partial charge in [-0.2, -0.15) is 0 Å². The first-order chi connectivity index (χ1) is 14.0. The number of hydrogen-bond donors (Lipinski definition) is 3. The number of carbonyl (C=O) groups excluding carboxylic acids is 3. The zero-order valence-corrected chi connectivity index (χ0v) is 17.3. The number of carbonyl (C=O) groups is 3. The number of hydrogen-bond acceptors (Lipinski definition) is 5. The summed E-state index contributed by atoms with van der Waals surface area (Å²) in [6, 6.07) is 8.43. The molecule has 0 radical (unpaired) electrons. The van der Waals surface area contributed by atoms with Gasteiger partial charge in [0.25, 0.3) is 0 Å². The molecule has 0 aromatic heterocycles. The monoisotopic (exact) mass is 404 g/mol. The van der Waals surface area contributed by atoms with E-state index in [1.807, 2.05) is 37.3 Å². The predicted octanol–water partition coefficient (Wildman–Crippen LogP) is 0.0770. The first kappa shape index (κ1) is 22.8. The molecule has 160 valence electrons. The third-order valence-electron chi connectivity index (χ3n) is 4.75.